The number of carbonyl (C=O) groups is 2. The van der Waals surface area contributed by atoms with Gasteiger partial charge in [-0.3, -0.25) is 14.5 Å². The van der Waals surface area contributed by atoms with Gasteiger partial charge < -0.3 is 14.8 Å². The van der Waals surface area contributed by atoms with Crippen molar-refractivity contribution in [3.05, 3.63) is 18.2 Å². The molecule has 1 fully saturated rings. The quantitative estimate of drug-likeness (QED) is 0.791. The number of nitrogens with one attached hydrogen (secondary N) is 1. The van der Waals surface area contributed by atoms with Gasteiger partial charge in [0, 0.05) is 11.8 Å². The largest absolute Gasteiger partial charge is 0.486 e. The molecule has 2 amide bonds. The number of fused-ring (bicyclic) bond motifs is 1. The summed E-state index contributed by atoms with van der Waals surface area (Å²) >= 11 is 0. The maximum Gasteiger partial charge on any atom is 0.247 e. The third kappa shape index (κ3) is 1.99. The molecule has 0 spiro atoms. The molecule has 6 nitrogen and oxygen atoms in total. The lowest BCUT2D eigenvalue weighted by atomic mass is 10.1. The number of amides is 2. The SMILES string of the molecule is CC1C(=O)NCC(=O)N1c1ccc2c(c1)OCCO2. The van der Waals surface area contributed by atoms with Crippen molar-refractivity contribution in [2.24, 2.45) is 0 Å². The summed E-state index contributed by atoms with van der Waals surface area (Å²) in [5.74, 6) is 0.976. The summed E-state index contributed by atoms with van der Waals surface area (Å²) in [7, 11) is 0. The standard InChI is InChI=1S/C13H14N2O4/c1-8-13(17)14-7-12(16)15(8)9-2-3-10-11(6-9)19-5-4-18-10/h2-3,6,8H,4-5,7H2,1H3,(H,14,17). The normalized spacial score (nSPS) is 22.2. The molecule has 2 heterocycles. The fourth-order valence-electron chi connectivity index (χ4n) is 2.28. The zero-order valence-corrected chi connectivity index (χ0v) is 10.5. The fourth-order valence-corrected chi connectivity index (χ4v) is 2.28. The topological polar surface area (TPSA) is 67.9 Å². The van der Waals surface area contributed by atoms with Crippen molar-refractivity contribution in [3.8, 4) is 11.5 Å². The van der Waals surface area contributed by atoms with Crippen molar-refractivity contribution in [3.63, 3.8) is 0 Å². The van der Waals surface area contributed by atoms with Gasteiger partial charge in [0.2, 0.25) is 11.8 Å². The minimum absolute atomic E-state index is 0.0254. The van der Waals surface area contributed by atoms with Gasteiger partial charge in [0.15, 0.2) is 11.5 Å². The Hall–Kier alpha value is -2.24. The van der Waals surface area contributed by atoms with Crippen LogP contribution in [0.25, 0.3) is 0 Å². The molecule has 19 heavy (non-hydrogen) atoms. The summed E-state index contributed by atoms with van der Waals surface area (Å²) < 4.78 is 10.9. The van der Waals surface area contributed by atoms with Crippen LogP contribution in [0.1, 0.15) is 6.92 Å². The third-order valence-electron chi connectivity index (χ3n) is 3.25. The maximum absolute atomic E-state index is 12.0. The van der Waals surface area contributed by atoms with Gasteiger partial charge in [-0.05, 0) is 19.1 Å². The van der Waals surface area contributed by atoms with Crippen molar-refractivity contribution in [1.82, 2.24) is 5.32 Å². The molecule has 1 aromatic carbocycles. The van der Waals surface area contributed by atoms with Crippen LogP contribution >= 0.6 is 0 Å². The second kappa shape index (κ2) is 4.46. The molecule has 6 heteroatoms. The Labute approximate surface area is 110 Å². The summed E-state index contributed by atoms with van der Waals surface area (Å²) in [4.78, 5) is 25.1. The van der Waals surface area contributed by atoms with E-state index in [1.165, 1.54) is 4.90 Å². The van der Waals surface area contributed by atoms with E-state index in [4.69, 9.17) is 9.47 Å². The van der Waals surface area contributed by atoms with E-state index in [1.54, 1.807) is 25.1 Å². The Kier molecular flexibility index (Phi) is 2.77. The highest BCUT2D eigenvalue weighted by Gasteiger charge is 2.32. The van der Waals surface area contributed by atoms with Crippen molar-refractivity contribution in [1.29, 1.82) is 0 Å². The Morgan fingerprint density at radius 1 is 1.21 bits per heavy atom. The van der Waals surface area contributed by atoms with Crippen molar-refractivity contribution in [2.45, 2.75) is 13.0 Å². The molecule has 0 aliphatic carbocycles. The molecule has 0 bridgehead atoms. The Balaban J connectivity index is 1.96. The molecule has 1 atom stereocenters. The van der Waals surface area contributed by atoms with Gasteiger partial charge in [-0.2, -0.15) is 0 Å². The molecular weight excluding hydrogens is 248 g/mol. The van der Waals surface area contributed by atoms with Crippen LogP contribution in [-0.4, -0.2) is 37.6 Å². The molecule has 0 aromatic heterocycles. The van der Waals surface area contributed by atoms with Gasteiger partial charge in [0.05, 0.1) is 6.54 Å². The van der Waals surface area contributed by atoms with Crippen LogP contribution in [0, 0.1) is 0 Å². The molecule has 2 aliphatic rings. The van der Waals surface area contributed by atoms with Crippen LogP contribution in [0.5, 0.6) is 11.5 Å². The molecule has 2 aliphatic heterocycles. The van der Waals surface area contributed by atoms with Gasteiger partial charge in [-0.25, -0.2) is 0 Å². The highest BCUT2D eigenvalue weighted by molar-refractivity contribution is 6.06. The second-order valence-electron chi connectivity index (χ2n) is 4.49. The van der Waals surface area contributed by atoms with Gasteiger partial charge in [-0.1, -0.05) is 0 Å². The van der Waals surface area contributed by atoms with Crippen LogP contribution in [0.2, 0.25) is 0 Å². The van der Waals surface area contributed by atoms with Crippen LogP contribution in [0.3, 0.4) is 0 Å². The van der Waals surface area contributed by atoms with Crippen LogP contribution in [0.4, 0.5) is 5.69 Å². The zero-order valence-electron chi connectivity index (χ0n) is 10.5. The first kappa shape index (κ1) is 11.8. The van der Waals surface area contributed by atoms with E-state index in [1.807, 2.05) is 0 Å². The van der Waals surface area contributed by atoms with Crippen LogP contribution < -0.4 is 19.7 Å². The summed E-state index contributed by atoms with van der Waals surface area (Å²) in [6.45, 7) is 2.73. The van der Waals surface area contributed by atoms with Gasteiger partial charge >= 0.3 is 0 Å². The van der Waals surface area contributed by atoms with Gasteiger partial charge in [0.1, 0.15) is 19.3 Å². The molecule has 1 saturated heterocycles. The Morgan fingerprint density at radius 3 is 2.74 bits per heavy atom. The first-order valence-electron chi connectivity index (χ1n) is 6.16. The number of piperazine rings is 1. The monoisotopic (exact) mass is 262 g/mol. The molecule has 1 aromatic rings. The van der Waals surface area contributed by atoms with Gasteiger partial charge in [-0.15, -0.1) is 0 Å². The van der Waals surface area contributed by atoms with E-state index >= 15 is 0 Å². The summed E-state index contributed by atoms with van der Waals surface area (Å²) in [6, 6.07) is 4.74. The Morgan fingerprint density at radius 2 is 1.95 bits per heavy atom. The molecule has 100 valence electrons. The average molecular weight is 262 g/mol. The minimum atomic E-state index is -0.524. The number of carbonyl (C=O) groups excluding carboxylic acids is 2. The van der Waals surface area contributed by atoms with E-state index in [9.17, 15) is 9.59 Å². The van der Waals surface area contributed by atoms with Crippen molar-refractivity contribution < 1.29 is 19.1 Å². The Bertz CT molecular complexity index is 543. The van der Waals surface area contributed by atoms with Crippen LogP contribution in [0.15, 0.2) is 18.2 Å². The lowest BCUT2D eigenvalue weighted by Crippen LogP contribution is -2.57. The van der Waals surface area contributed by atoms with E-state index in [-0.39, 0.29) is 18.4 Å². The summed E-state index contributed by atoms with van der Waals surface area (Å²) in [6.07, 6.45) is 0. The maximum atomic E-state index is 12.0. The number of nitrogens with zero attached hydrogens (tertiary/aromatic N) is 1. The third-order valence-corrected chi connectivity index (χ3v) is 3.25. The number of ether oxygens (including phenoxy) is 2. The highest BCUT2D eigenvalue weighted by atomic mass is 16.6. The number of anilines is 1. The second-order valence-corrected chi connectivity index (χ2v) is 4.49. The number of hydrogen-bond acceptors (Lipinski definition) is 4. The van der Waals surface area contributed by atoms with E-state index in [0.29, 0.717) is 30.4 Å². The molecule has 1 N–H and O–H groups in total. The first-order valence-corrected chi connectivity index (χ1v) is 6.16. The molecule has 0 saturated carbocycles. The molecule has 0 radical (unpaired) electrons. The van der Waals surface area contributed by atoms with Crippen LogP contribution in [-0.2, 0) is 9.59 Å². The number of rotatable bonds is 1. The van der Waals surface area contributed by atoms with E-state index in [2.05, 4.69) is 5.32 Å². The first-order chi connectivity index (χ1) is 9.16. The molecular formula is C13H14N2O4. The predicted octanol–water partition coefficient (Wildman–Crippen LogP) is 0.309. The minimum Gasteiger partial charge on any atom is -0.486 e. The van der Waals surface area contributed by atoms with Crippen molar-refractivity contribution in [2.75, 3.05) is 24.7 Å². The number of benzene rings is 1. The van der Waals surface area contributed by atoms with E-state index in [0.717, 1.165) is 0 Å². The fraction of sp³-hybridized carbons (Fsp3) is 0.385. The summed E-state index contributed by atoms with van der Waals surface area (Å²) in [5, 5.41) is 2.56. The zero-order chi connectivity index (χ0) is 13.4. The van der Waals surface area contributed by atoms with Gasteiger partial charge in [0.25, 0.3) is 0 Å². The lowest BCUT2D eigenvalue weighted by molar-refractivity contribution is -0.130. The van der Waals surface area contributed by atoms with E-state index < -0.39 is 6.04 Å². The highest BCUT2D eigenvalue weighted by Crippen LogP contribution is 2.34. The molecule has 3 rings (SSSR count). The summed E-state index contributed by atoms with van der Waals surface area (Å²) in [5.41, 5.74) is 0.650. The predicted molar refractivity (Wildman–Crippen MR) is 67.4 cm³/mol. The lowest BCUT2D eigenvalue weighted by Gasteiger charge is -2.33. The number of hydrogen-bond donors (Lipinski definition) is 1. The van der Waals surface area contributed by atoms with Crippen molar-refractivity contribution >= 4 is 17.5 Å². The molecule has 1 unspecified atom stereocenters. The average Bonchev–Trinajstić information content (AvgIpc) is 2.43. The smallest absolute Gasteiger partial charge is 0.247 e.